The molecule has 0 aliphatic carbocycles. The van der Waals surface area contributed by atoms with Crippen molar-refractivity contribution in [3.8, 4) is 0 Å². The third-order valence-electron chi connectivity index (χ3n) is 2.36. The highest BCUT2D eigenvalue weighted by Gasteiger charge is 2.34. The number of alkyl halides is 2. The molecule has 2 atom stereocenters. The molecule has 0 fully saturated rings. The van der Waals surface area contributed by atoms with E-state index >= 15 is 0 Å². The molecule has 0 spiro atoms. The molecule has 20 heavy (non-hydrogen) atoms. The van der Waals surface area contributed by atoms with Crippen LogP contribution in [0.1, 0.15) is 20.3 Å². The smallest absolute Gasteiger partial charge is 0.313 e. The van der Waals surface area contributed by atoms with Gasteiger partial charge in [0.1, 0.15) is 9.33 Å². The Bertz CT molecular complexity index is 353. The standard InChI is InChI=1S/C12H16Cl4O4/c1-3-19-10(17)6-7(11(15)16)8(5-9(13)14)12(18)20-4-2/h5,7-8,11H,3-4,6H2,1-2H3. The van der Waals surface area contributed by atoms with Crippen LogP contribution in [0.4, 0.5) is 0 Å². The molecular formula is C12H16Cl4O4. The Morgan fingerprint density at radius 2 is 1.65 bits per heavy atom. The molecule has 4 nitrogen and oxygen atoms in total. The van der Waals surface area contributed by atoms with Gasteiger partial charge < -0.3 is 9.47 Å². The summed E-state index contributed by atoms with van der Waals surface area (Å²) < 4.78 is 9.60. The number of esters is 2. The van der Waals surface area contributed by atoms with Crippen molar-refractivity contribution in [2.24, 2.45) is 11.8 Å². The normalized spacial score (nSPS) is 13.6. The van der Waals surface area contributed by atoms with E-state index in [-0.39, 0.29) is 24.1 Å². The van der Waals surface area contributed by atoms with E-state index in [1.54, 1.807) is 13.8 Å². The van der Waals surface area contributed by atoms with E-state index in [1.807, 2.05) is 0 Å². The molecule has 0 aromatic heterocycles. The summed E-state index contributed by atoms with van der Waals surface area (Å²) in [6, 6.07) is 0. The minimum atomic E-state index is -0.988. The SMILES string of the molecule is CCOC(=O)CC(C(Cl)Cl)C(C=C(Cl)Cl)C(=O)OCC. The topological polar surface area (TPSA) is 52.6 Å². The van der Waals surface area contributed by atoms with E-state index in [2.05, 4.69) is 0 Å². The predicted molar refractivity (Wildman–Crippen MR) is 80.1 cm³/mol. The molecule has 8 heteroatoms. The Morgan fingerprint density at radius 3 is 2.05 bits per heavy atom. The first kappa shape index (κ1) is 19.8. The summed E-state index contributed by atoms with van der Waals surface area (Å²) in [5.74, 6) is -2.79. The molecule has 0 aliphatic rings. The van der Waals surface area contributed by atoms with Gasteiger partial charge in [0.15, 0.2) is 0 Å². The van der Waals surface area contributed by atoms with E-state index in [1.165, 1.54) is 6.08 Å². The second kappa shape index (κ2) is 10.6. The molecule has 0 aliphatic heterocycles. The minimum absolute atomic E-state index is 0.133. The number of ether oxygens (including phenoxy) is 2. The van der Waals surface area contributed by atoms with Gasteiger partial charge in [-0.2, -0.15) is 0 Å². The van der Waals surface area contributed by atoms with Crippen LogP contribution in [0, 0.1) is 11.8 Å². The zero-order chi connectivity index (χ0) is 15.7. The van der Waals surface area contributed by atoms with Gasteiger partial charge in [-0.25, -0.2) is 0 Å². The van der Waals surface area contributed by atoms with Crippen LogP contribution in [-0.2, 0) is 19.1 Å². The van der Waals surface area contributed by atoms with Gasteiger partial charge in [-0.05, 0) is 19.9 Å². The van der Waals surface area contributed by atoms with E-state index in [9.17, 15) is 9.59 Å². The Balaban J connectivity index is 5.16. The third-order valence-corrected chi connectivity index (χ3v) is 3.26. The van der Waals surface area contributed by atoms with Gasteiger partial charge in [0.2, 0.25) is 0 Å². The van der Waals surface area contributed by atoms with Crippen LogP contribution in [-0.4, -0.2) is 30.0 Å². The Labute approximate surface area is 138 Å². The number of halogens is 4. The molecule has 116 valence electrons. The third kappa shape index (κ3) is 7.58. The average Bonchev–Trinajstić information content (AvgIpc) is 2.33. The maximum Gasteiger partial charge on any atom is 0.313 e. The summed E-state index contributed by atoms with van der Waals surface area (Å²) in [5.41, 5.74) is 0. The number of carbonyl (C=O) groups excluding carboxylic acids is 2. The fourth-order valence-corrected chi connectivity index (χ4v) is 2.29. The average molecular weight is 366 g/mol. The first-order valence-electron chi connectivity index (χ1n) is 5.96. The largest absolute Gasteiger partial charge is 0.466 e. The van der Waals surface area contributed by atoms with Gasteiger partial charge in [0, 0.05) is 5.92 Å². The molecule has 0 saturated carbocycles. The van der Waals surface area contributed by atoms with Crippen LogP contribution in [0.2, 0.25) is 0 Å². The summed E-state index contributed by atoms with van der Waals surface area (Å²) in [4.78, 5) is 22.5. The molecule has 0 aromatic carbocycles. The van der Waals surface area contributed by atoms with Crippen LogP contribution in [0.3, 0.4) is 0 Å². The number of hydrogen-bond acceptors (Lipinski definition) is 4. The molecule has 0 amide bonds. The number of hydrogen-bond donors (Lipinski definition) is 0. The molecule has 0 aromatic rings. The van der Waals surface area contributed by atoms with E-state index in [4.69, 9.17) is 55.9 Å². The quantitative estimate of drug-likeness (QED) is 0.484. The first-order chi connectivity index (χ1) is 9.33. The summed E-state index contributed by atoms with van der Waals surface area (Å²) in [7, 11) is 0. The highest BCUT2D eigenvalue weighted by Crippen LogP contribution is 2.31. The fourth-order valence-electron chi connectivity index (χ4n) is 1.53. The monoisotopic (exact) mass is 364 g/mol. The predicted octanol–water partition coefficient (Wildman–Crippen LogP) is 3.86. The van der Waals surface area contributed by atoms with Crippen LogP contribution >= 0.6 is 46.4 Å². The van der Waals surface area contributed by atoms with E-state index < -0.39 is 28.6 Å². The van der Waals surface area contributed by atoms with Crippen molar-refractivity contribution in [1.29, 1.82) is 0 Å². The lowest BCUT2D eigenvalue weighted by Crippen LogP contribution is -2.31. The van der Waals surface area contributed by atoms with Gasteiger partial charge in [0.25, 0.3) is 0 Å². The number of carbonyl (C=O) groups is 2. The van der Waals surface area contributed by atoms with Crippen LogP contribution in [0.15, 0.2) is 10.6 Å². The second-order valence-electron chi connectivity index (χ2n) is 3.74. The van der Waals surface area contributed by atoms with E-state index in [0.29, 0.717) is 0 Å². The molecule has 0 bridgehead atoms. The Kier molecular flexibility index (Phi) is 10.5. The summed E-state index contributed by atoms with van der Waals surface area (Å²) >= 11 is 22.8. The van der Waals surface area contributed by atoms with Gasteiger partial charge in [-0.1, -0.05) is 23.2 Å². The molecule has 0 rings (SSSR count). The molecule has 0 radical (unpaired) electrons. The Morgan fingerprint density at radius 1 is 1.10 bits per heavy atom. The molecule has 0 saturated heterocycles. The summed E-state index contributed by atoms with van der Waals surface area (Å²) in [6.45, 7) is 3.71. The minimum Gasteiger partial charge on any atom is -0.466 e. The number of rotatable bonds is 8. The van der Waals surface area contributed by atoms with Crippen molar-refractivity contribution in [3.63, 3.8) is 0 Å². The zero-order valence-electron chi connectivity index (χ0n) is 11.1. The van der Waals surface area contributed by atoms with E-state index in [0.717, 1.165) is 0 Å². The maximum atomic E-state index is 11.9. The van der Waals surface area contributed by atoms with Crippen LogP contribution in [0.25, 0.3) is 0 Å². The lowest BCUT2D eigenvalue weighted by molar-refractivity contribution is -0.149. The Hall–Kier alpha value is -0.160. The van der Waals surface area contributed by atoms with Crippen LogP contribution < -0.4 is 0 Å². The zero-order valence-corrected chi connectivity index (χ0v) is 14.1. The highest BCUT2D eigenvalue weighted by molar-refractivity contribution is 6.56. The molecule has 0 heterocycles. The van der Waals surface area contributed by atoms with Gasteiger partial charge in [0.05, 0.1) is 25.6 Å². The van der Waals surface area contributed by atoms with Crippen molar-refractivity contribution in [2.75, 3.05) is 13.2 Å². The lowest BCUT2D eigenvalue weighted by atomic mass is 9.91. The van der Waals surface area contributed by atoms with Gasteiger partial charge >= 0.3 is 11.9 Å². The first-order valence-corrected chi connectivity index (χ1v) is 7.59. The molecule has 2 unspecified atom stereocenters. The van der Waals surface area contributed by atoms with Crippen molar-refractivity contribution in [2.45, 2.75) is 25.1 Å². The second-order valence-corrected chi connectivity index (χ2v) is 5.91. The fraction of sp³-hybridized carbons (Fsp3) is 0.667. The highest BCUT2D eigenvalue weighted by atomic mass is 35.5. The summed E-state index contributed by atoms with van der Waals surface area (Å²) in [5, 5.41) is 0. The van der Waals surface area contributed by atoms with Crippen molar-refractivity contribution in [3.05, 3.63) is 10.6 Å². The molecule has 0 N–H and O–H groups in total. The van der Waals surface area contributed by atoms with Gasteiger partial charge in [-0.15, -0.1) is 23.2 Å². The molecular weight excluding hydrogens is 350 g/mol. The van der Waals surface area contributed by atoms with Crippen LogP contribution in [0.5, 0.6) is 0 Å². The maximum absolute atomic E-state index is 11.9. The van der Waals surface area contributed by atoms with Gasteiger partial charge in [-0.3, -0.25) is 9.59 Å². The van der Waals surface area contributed by atoms with Crippen molar-refractivity contribution in [1.82, 2.24) is 0 Å². The summed E-state index contributed by atoms with van der Waals surface area (Å²) in [6.07, 6.45) is 1.11. The van der Waals surface area contributed by atoms with Crippen molar-refractivity contribution < 1.29 is 19.1 Å². The van der Waals surface area contributed by atoms with Crippen molar-refractivity contribution >= 4 is 58.3 Å². The lowest BCUT2D eigenvalue weighted by Gasteiger charge is -2.23.